The molecule has 82 valence electrons. The molecule has 0 spiro atoms. The zero-order valence-electron chi connectivity index (χ0n) is 9.50. The van der Waals surface area contributed by atoms with Gasteiger partial charge in [0.2, 0.25) is 0 Å². The largest absolute Gasteiger partial charge is 0.466 e. The second-order valence-corrected chi connectivity index (χ2v) is 4.34. The first-order valence-electron chi connectivity index (χ1n) is 5.33. The highest BCUT2D eigenvalue weighted by molar-refractivity contribution is 5.78. The fourth-order valence-corrected chi connectivity index (χ4v) is 1.81. The molecule has 14 heavy (non-hydrogen) atoms. The lowest BCUT2D eigenvalue weighted by Gasteiger charge is -2.01. The third-order valence-corrected chi connectivity index (χ3v) is 2.77. The van der Waals surface area contributed by atoms with Gasteiger partial charge >= 0.3 is 5.97 Å². The summed E-state index contributed by atoms with van der Waals surface area (Å²) in [4.78, 5) is 11.5. The summed E-state index contributed by atoms with van der Waals surface area (Å²) in [5.41, 5.74) is -0.0403. The molecule has 0 aromatic carbocycles. The van der Waals surface area contributed by atoms with E-state index in [0.29, 0.717) is 6.61 Å². The van der Waals surface area contributed by atoms with Crippen LogP contribution in [0.3, 0.4) is 0 Å². The van der Waals surface area contributed by atoms with Crippen LogP contribution in [0.15, 0.2) is 0 Å². The van der Waals surface area contributed by atoms with Crippen LogP contribution in [0.5, 0.6) is 0 Å². The molecule has 0 radical (unpaired) electrons. The van der Waals surface area contributed by atoms with Crippen molar-refractivity contribution in [2.75, 3.05) is 13.2 Å². The first-order chi connectivity index (χ1) is 6.55. The lowest BCUT2D eigenvalue weighted by Crippen LogP contribution is -2.11. The van der Waals surface area contributed by atoms with E-state index in [1.165, 1.54) is 0 Å². The van der Waals surface area contributed by atoms with Crippen LogP contribution < -0.4 is 0 Å². The van der Waals surface area contributed by atoms with Gasteiger partial charge in [-0.15, -0.1) is 0 Å². The molecule has 0 saturated heterocycles. The summed E-state index contributed by atoms with van der Waals surface area (Å²) in [6.45, 7) is 9.17. The highest BCUT2D eigenvalue weighted by atomic mass is 16.5. The SMILES string of the molecule is CCCOC1C(C(=O)OCC)C1(C)C. The van der Waals surface area contributed by atoms with Gasteiger partial charge < -0.3 is 9.47 Å². The Morgan fingerprint density at radius 3 is 2.50 bits per heavy atom. The van der Waals surface area contributed by atoms with Crippen LogP contribution in [-0.2, 0) is 14.3 Å². The van der Waals surface area contributed by atoms with Crippen LogP contribution in [-0.4, -0.2) is 25.3 Å². The van der Waals surface area contributed by atoms with Crippen molar-refractivity contribution in [2.45, 2.75) is 40.2 Å². The lowest BCUT2D eigenvalue weighted by atomic mass is 10.1. The van der Waals surface area contributed by atoms with E-state index >= 15 is 0 Å². The van der Waals surface area contributed by atoms with Gasteiger partial charge in [0.05, 0.1) is 18.6 Å². The van der Waals surface area contributed by atoms with Crippen molar-refractivity contribution < 1.29 is 14.3 Å². The van der Waals surface area contributed by atoms with E-state index in [1.54, 1.807) is 0 Å². The van der Waals surface area contributed by atoms with Crippen molar-refractivity contribution in [1.82, 2.24) is 0 Å². The number of hydrogen-bond donors (Lipinski definition) is 0. The summed E-state index contributed by atoms with van der Waals surface area (Å²) in [6, 6.07) is 0. The third-order valence-electron chi connectivity index (χ3n) is 2.77. The quantitative estimate of drug-likeness (QED) is 0.637. The number of hydrogen-bond acceptors (Lipinski definition) is 3. The van der Waals surface area contributed by atoms with E-state index in [2.05, 4.69) is 20.8 Å². The van der Waals surface area contributed by atoms with Crippen molar-refractivity contribution >= 4 is 5.97 Å². The van der Waals surface area contributed by atoms with Crippen molar-refractivity contribution in [3.8, 4) is 0 Å². The minimum absolute atomic E-state index is 0.0403. The molecule has 0 bridgehead atoms. The van der Waals surface area contributed by atoms with Gasteiger partial charge in [0, 0.05) is 12.0 Å². The number of esters is 1. The van der Waals surface area contributed by atoms with E-state index < -0.39 is 0 Å². The van der Waals surface area contributed by atoms with Gasteiger partial charge in [-0.25, -0.2) is 0 Å². The molecule has 1 saturated carbocycles. The van der Waals surface area contributed by atoms with Gasteiger partial charge in [0.15, 0.2) is 0 Å². The Bertz CT molecular complexity index is 211. The smallest absolute Gasteiger partial charge is 0.312 e. The Balaban J connectivity index is 2.44. The van der Waals surface area contributed by atoms with Crippen LogP contribution in [0.25, 0.3) is 0 Å². The van der Waals surface area contributed by atoms with E-state index in [4.69, 9.17) is 9.47 Å². The zero-order valence-corrected chi connectivity index (χ0v) is 9.50. The molecule has 0 aliphatic heterocycles. The maximum Gasteiger partial charge on any atom is 0.312 e. The topological polar surface area (TPSA) is 35.5 Å². The fourth-order valence-electron chi connectivity index (χ4n) is 1.81. The van der Waals surface area contributed by atoms with Crippen LogP contribution in [0.2, 0.25) is 0 Å². The Kier molecular flexibility index (Phi) is 3.53. The average molecular weight is 200 g/mol. The molecular weight excluding hydrogens is 180 g/mol. The summed E-state index contributed by atoms with van der Waals surface area (Å²) in [5, 5.41) is 0. The first kappa shape index (κ1) is 11.5. The van der Waals surface area contributed by atoms with Gasteiger partial charge in [-0.1, -0.05) is 20.8 Å². The number of carbonyl (C=O) groups excluding carboxylic acids is 1. The molecule has 3 heteroatoms. The Morgan fingerprint density at radius 2 is 2.00 bits per heavy atom. The van der Waals surface area contributed by atoms with Crippen molar-refractivity contribution in [3.05, 3.63) is 0 Å². The summed E-state index contributed by atoms with van der Waals surface area (Å²) in [5.74, 6) is -0.174. The van der Waals surface area contributed by atoms with Gasteiger partial charge in [0.25, 0.3) is 0 Å². The third kappa shape index (κ3) is 2.08. The molecule has 1 aliphatic carbocycles. The highest BCUT2D eigenvalue weighted by Crippen LogP contribution is 2.54. The van der Waals surface area contributed by atoms with Crippen molar-refractivity contribution in [2.24, 2.45) is 11.3 Å². The number of ether oxygens (including phenoxy) is 2. The summed E-state index contributed by atoms with van der Waals surface area (Å²) in [6.07, 6.45) is 1.05. The Hall–Kier alpha value is -0.570. The molecule has 1 aliphatic rings. The predicted molar refractivity (Wildman–Crippen MR) is 53.9 cm³/mol. The summed E-state index contributed by atoms with van der Waals surface area (Å²) in [7, 11) is 0. The monoisotopic (exact) mass is 200 g/mol. The standard InChI is InChI=1S/C11H20O3/c1-5-7-14-9-8(11(9,3)4)10(12)13-6-2/h8-9H,5-7H2,1-4H3. The predicted octanol–water partition coefficient (Wildman–Crippen LogP) is 2.00. The van der Waals surface area contributed by atoms with Crippen LogP contribution >= 0.6 is 0 Å². The summed E-state index contributed by atoms with van der Waals surface area (Å²) >= 11 is 0. The van der Waals surface area contributed by atoms with Gasteiger partial charge in [-0.05, 0) is 13.3 Å². The molecule has 0 N–H and O–H groups in total. The van der Waals surface area contributed by atoms with Crippen LogP contribution in [0.4, 0.5) is 0 Å². The Labute approximate surface area is 85.8 Å². The first-order valence-corrected chi connectivity index (χ1v) is 5.33. The van der Waals surface area contributed by atoms with Crippen LogP contribution in [0.1, 0.15) is 34.1 Å². The van der Waals surface area contributed by atoms with E-state index in [0.717, 1.165) is 13.0 Å². The zero-order chi connectivity index (χ0) is 10.8. The number of rotatable bonds is 5. The maximum atomic E-state index is 11.5. The molecule has 0 heterocycles. The number of carbonyl (C=O) groups is 1. The van der Waals surface area contributed by atoms with Crippen molar-refractivity contribution in [1.29, 1.82) is 0 Å². The molecule has 2 unspecified atom stereocenters. The minimum Gasteiger partial charge on any atom is -0.466 e. The fraction of sp³-hybridized carbons (Fsp3) is 0.909. The molecule has 1 rings (SSSR count). The van der Waals surface area contributed by atoms with Crippen LogP contribution in [0, 0.1) is 11.3 Å². The second-order valence-electron chi connectivity index (χ2n) is 4.34. The lowest BCUT2D eigenvalue weighted by molar-refractivity contribution is -0.146. The van der Waals surface area contributed by atoms with Gasteiger partial charge in [-0.2, -0.15) is 0 Å². The van der Waals surface area contributed by atoms with Gasteiger partial charge in [0.1, 0.15) is 0 Å². The normalized spacial score (nSPS) is 28.6. The Morgan fingerprint density at radius 1 is 1.36 bits per heavy atom. The van der Waals surface area contributed by atoms with Gasteiger partial charge in [-0.3, -0.25) is 4.79 Å². The molecule has 3 nitrogen and oxygen atoms in total. The van der Waals surface area contributed by atoms with E-state index in [9.17, 15) is 4.79 Å². The van der Waals surface area contributed by atoms with Crippen molar-refractivity contribution in [3.63, 3.8) is 0 Å². The van der Waals surface area contributed by atoms with E-state index in [-0.39, 0.29) is 23.4 Å². The molecule has 0 amide bonds. The molecule has 2 atom stereocenters. The molecule has 0 aromatic rings. The second kappa shape index (κ2) is 4.30. The highest BCUT2D eigenvalue weighted by Gasteiger charge is 2.64. The molecular formula is C11H20O3. The maximum absolute atomic E-state index is 11.5. The average Bonchev–Trinajstić information content (AvgIpc) is 2.65. The molecule has 1 fully saturated rings. The molecule has 0 aromatic heterocycles. The minimum atomic E-state index is -0.112. The summed E-state index contributed by atoms with van der Waals surface area (Å²) < 4.78 is 10.6. The van der Waals surface area contributed by atoms with E-state index in [1.807, 2.05) is 6.92 Å².